The average molecular weight is 481 g/mol. The smallest absolute Gasteiger partial charge is 0.263 e. The molecule has 1 aliphatic carbocycles. The number of thioether (sulfide) groups is 1. The molecule has 1 aromatic carbocycles. The molecule has 0 aliphatic heterocycles. The number of benzene rings is 1. The summed E-state index contributed by atoms with van der Waals surface area (Å²) < 4.78 is 3.46. The molecule has 33 heavy (non-hydrogen) atoms. The third-order valence-electron chi connectivity index (χ3n) is 6.38. The van der Waals surface area contributed by atoms with Crippen molar-refractivity contribution in [2.24, 2.45) is 13.0 Å². The van der Waals surface area contributed by atoms with Crippen molar-refractivity contribution >= 4 is 44.2 Å². The summed E-state index contributed by atoms with van der Waals surface area (Å²) in [4.78, 5) is 38.3. The molecular weight excluding hydrogens is 452 g/mol. The Balaban J connectivity index is 1.56. The largest absolute Gasteiger partial charge is 0.299 e. The summed E-state index contributed by atoms with van der Waals surface area (Å²) in [5.74, 6) is 1.64. The third-order valence-corrected chi connectivity index (χ3v) is 8.53. The first kappa shape index (κ1) is 22.3. The number of para-hydroxylation sites is 1. The van der Waals surface area contributed by atoms with Gasteiger partial charge in [0.2, 0.25) is 0 Å². The molecule has 0 bridgehead atoms. The van der Waals surface area contributed by atoms with Crippen LogP contribution in [0.4, 0.5) is 0 Å². The average Bonchev–Trinajstić information content (AvgIpc) is 3.18. The summed E-state index contributed by atoms with van der Waals surface area (Å²) >= 11 is 3.18. The van der Waals surface area contributed by atoms with Crippen molar-refractivity contribution in [3.63, 3.8) is 0 Å². The van der Waals surface area contributed by atoms with Gasteiger partial charge in [-0.3, -0.25) is 18.7 Å². The second-order valence-corrected chi connectivity index (χ2v) is 11.1. The van der Waals surface area contributed by atoms with Gasteiger partial charge in [0, 0.05) is 18.5 Å². The lowest BCUT2D eigenvalue weighted by molar-refractivity contribution is 0.481. The topological polar surface area (TPSA) is 69.8 Å². The standard InChI is InChI=1S/C25H28N4O2S2/c1-15(2)12-13-29-24(31)21-17-9-5-7-11-19(17)33-22(21)27-25(29)32-14-20-26-18-10-6-4-8-16(18)23(30)28(20)3/h4,6,8,10,15H,5,7,9,11-14H2,1-3H3. The molecule has 0 amide bonds. The van der Waals surface area contributed by atoms with Gasteiger partial charge in [-0.1, -0.05) is 37.7 Å². The van der Waals surface area contributed by atoms with E-state index >= 15 is 0 Å². The van der Waals surface area contributed by atoms with Crippen LogP contribution in [0.25, 0.3) is 21.1 Å². The molecule has 0 saturated carbocycles. The van der Waals surface area contributed by atoms with Gasteiger partial charge in [0.05, 0.1) is 22.0 Å². The van der Waals surface area contributed by atoms with Gasteiger partial charge in [0.25, 0.3) is 11.1 Å². The van der Waals surface area contributed by atoms with E-state index in [2.05, 4.69) is 13.8 Å². The highest BCUT2D eigenvalue weighted by molar-refractivity contribution is 7.98. The van der Waals surface area contributed by atoms with Crippen molar-refractivity contribution < 1.29 is 0 Å². The fourth-order valence-corrected chi connectivity index (χ4v) is 6.75. The minimum Gasteiger partial charge on any atom is -0.299 e. The summed E-state index contributed by atoms with van der Waals surface area (Å²) in [5, 5.41) is 2.17. The Morgan fingerprint density at radius 2 is 1.88 bits per heavy atom. The molecule has 3 aromatic heterocycles. The number of hydrogen-bond donors (Lipinski definition) is 0. The van der Waals surface area contributed by atoms with Gasteiger partial charge >= 0.3 is 0 Å². The fourth-order valence-electron chi connectivity index (χ4n) is 4.44. The van der Waals surface area contributed by atoms with Gasteiger partial charge in [-0.15, -0.1) is 11.3 Å². The van der Waals surface area contributed by atoms with Crippen molar-refractivity contribution in [2.75, 3.05) is 0 Å². The van der Waals surface area contributed by atoms with Crippen LogP contribution in [0.1, 0.15) is 49.4 Å². The molecule has 8 heteroatoms. The molecule has 4 aromatic rings. The Morgan fingerprint density at radius 3 is 2.70 bits per heavy atom. The maximum Gasteiger partial charge on any atom is 0.263 e. The first-order valence-corrected chi connectivity index (χ1v) is 13.4. The Labute approximate surface area is 200 Å². The second-order valence-electron chi connectivity index (χ2n) is 9.12. The van der Waals surface area contributed by atoms with Crippen molar-refractivity contribution in [3.05, 3.63) is 61.2 Å². The highest BCUT2D eigenvalue weighted by Gasteiger charge is 2.22. The number of hydrogen-bond acceptors (Lipinski definition) is 6. The molecule has 0 unspecified atom stereocenters. The van der Waals surface area contributed by atoms with Crippen LogP contribution < -0.4 is 11.1 Å². The summed E-state index contributed by atoms with van der Waals surface area (Å²) in [7, 11) is 1.76. The second kappa shape index (κ2) is 9.06. The zero-order chi connectivity index (χ0) is 23.1. The van der Waals surface area contributed by atoms with Crippen LogP contribution in [0.5, 0.6) is 0 Å². The molecule has 0 saturated heterocycles. The van der Waals surface area contributed by atoms with Gasteiger partial charge in [-0.05, 0) is 55.7 Å². The lowest BCUT2D eigenvalue weighted by Gasteiger charge is -2.15. The van der Waals surface area contributed by atoms with Crippen LogP contribution in [0.15, 0.2) is 39.0 Å². The van der Waals surface area contributed by atoms with E-state index in [-0.39, 0.29) is 11.1 Å². The van der Waals surface area contributed by atoms with E-state index in [4.69, 9.17) is 9.97 Å². The Morgan fingerprint density at radius 1 is 1.09 bits per heavy atom. The zero-order valence-electron chi connectivity index (χ0n) is 19.3. The van der Waals surface area contributed by atoms with Crippen LogP contribution >= 0.6 is 23.1 Å². The first-order valence-electron chi connectivity index (χ1n) is 11.6. The van der Waals surface area contributed by atoms with Gasteiger partial charge < -0.3 is 0 Å². The Hall–Kier alpha value is -2.45. The highest BCUT2D eigenvalue weighted by Crippen LogP contribution is 2.35. The van der Waals surface area contributed by atoms with E-state index in [0.29, 0.717) is 40.1 Å². The zero-order valence-corrected chi connectivity index (χ0v) is 20.9. The maximum atomic E-state index is 13.6. The minimum atomic E-state index is -0.0530. The highest BCUT2D eigenvalue weighted by atomic mass is 32.2. The summed E-state index contributed by atoms with van der Waals surface area (Å²) in [6, 6.07) is 7.42. The lowest BCUT2D eigenvalue weighted by atomic mass is 9.97. The summed E-state index contributed by atoms with van der Waals surface area (Å²) in [5.41, 5.74) is 1.96. The molecule has 0 N–H and O–H groups in total. The van der Waals surface area contributed by atoms with Gasteiger partial charge in [0.15, 0.2) is 5.16 Å². The van der Waals surface area contributed by atoms with Gasteiger partial charge in [-0.25, -0.2) is 9.97 Å². The van der Waals surface area contributed by atoms with Crippen molar-refractivity contribution in [2.45, 2.75) is 63.4 Å². The molecule has 0 radical (unpaired) electrons. The van der Waals surface area contributed by atoms with E-state index in [1.807, 2.05) is 22.8 Å². The van der Waals surface area contributed by atoms with E-state index in [1.54, 1.807) is 29.0 Å². The van der Waals surface area contributed by atoms with Crippen molar-refractivity contribution in [1.29, 1.82) is 0 Å². The maximum absolute atomic E-state index is 13.6. The van der Waals surface area contributed by atoms with Crippen LogP contribution in [0.2, 0.25) is 0 Å². The van der Waals surface area contributed by atoms with E-state index < -0.39 is 0 Å². The molecule has 3 heterocycles. The van der Waals surface area contributed by atoms with Gasteiger partial charge in [0.1, 0.15) is 10.7 Å². The quantitative estimate of drug-likeness (QED) is 0.289. The predicted molar refractivity (Wildman–Crippen MR) is 137 cm³/mol. The third kappa shape index (κ3) is 4.15. The number of thiophene rings is 1. The van der Waals surface area contributed by atoms with Crippen LogP contribution in [-0.2, 0) is 32.2 Å². The molecule has 172 valence electrons. The van der Waals surface area contributed by atoms with Crippen LogP contribution in [0.3, 0.4) is 0 Å². The Kier molecular flexibility index (Phi) is 6.14. The molecule has 0 spiro atoms. The fraction of sp³-hybridized carbons (Fsp3) is 0.440. The molecule has 6 nitrogen and oxygen atoms in total. The predicted octanol–water partition coefficient (Wildman–Crippen LogP) is 4.92. The van der Waals surface area contributed by atoms with Crippen molar-refractivity contribution in [1.82, 2.24) is 19.1 Å². The monoisotopic (exact) mass is 480 g/mol. The first-order chi connectivity index (χ1) is 15.9. The Bertz CT molecular complexity index is 1470. The number of aromatic nitrogens is 4. The van der Waals surface area contributed by atoms with E-state index in [9.17, 15) is 9.59 Å². The number of rotatable bonds is 6. The normalized spacial score (nSPS) is 13.8. The molecule has 1 aliphatic rings. The number of fused-ring (bicyclic) bond motifs is 4. The molecule has 0 fully saturated rings. The lowest BCUT2D eigenvalue weighted by Crippen LogP contribution is -2.25. The molecular formula is C25H28N4O2S2. The summed E-state index contributed by atoms with van der Waals surface area (Å²) in [6.45, 7) is 4.99. The van der Waals surface area contributed by atoms with Crippen LogP contribution in [0, 0.1) is 5.92 Å². The van der Waals surface area contributed by atoms with E-state index in [0.717, 1.165) is 35.9 Å². The number of nitrogens with zero attached hydrogens (tertiary/aromatic N) is 4. The minimum absolute atomic E-state index is 0.0530. The van der Waals surface area contributed by atoms with Gasteiger partial charge in [-0.2, -0.15) is 0 Å². The molecule has 5 rings (SSSR count). The van der Waals surface area contributed by atoms with Crippen LogP contribution in [-0.4, -0.2) is 19.1 Å². The summed E-state index contributed by atoms with van der Waals surface area (Å²) in [6.07, 6.45) is 5.27. The van der Waals surface area contributed by atoms with E-state index in [1.165, 1.54) is 28.6 Å². The number of aryl methyl sites for hydroxylation is 2. The molecule has 0 atom stereocenters. The SMILES string of the molecule is CC(C)CCn1c(SCc2nc3ccccc3c(=O)n2C)nc2sc3c(c2c1=O)CCCC3. The van der Waals surface area contributed by atoms with Crippen molar-refractivity contribution in [3.8, 4) is 0 Å².